The smallest absolute Gasteiger partial charge is 0.257 e. The number of phenolic OH excluding ortho intramolecular Hbond substituents is 1. The Morgan fingerprint density at radius 2 is 1.69 bits per heavy atom. The lowest BCUT2D eigenvalue weighted by Gasteiger charge is -2.05. The van der Waals surface area contributed by atoms with E-state index in [4.69, 9.17) is 0 Å². The van der Waals surface area contributed by atoms with Crippen molar-refractivity contribution in [1.29, 1.82) is 0 Å². The van der Waals surface area contributed by atoms with Gasteiger partial charge in [-0.25, -0.2) is 4.98 Å². The second-order valence-corrected chi connectivity index (χ2v) is 7.54. The number of phenols is 1. The molecule has 2 aromatic carbocycles. The highest BCUT2D eigenvalue weighted by Crippen LogP contribution is 2.37. The van der Waals surface area contributed by atoms with E-state index in [-0.39, 0.29) is 11.7 Å². The highest BCUT2D eigenvalue weighted by molar-refractivity contribution is 9.11. The van der Waals surface area contributed by atoms with Crippen LogP contribution in [0.4, 0.5) is 5.82 Å². The molecule has 2 heterocycles. The molecule has 1 amide bonds. The van der Waals surface area contributed by atoms with Gasteiger partial charge in [-0.2, -0.15) is 0 Å². The van der Waals surface area contributed by atoms with Gasteiger partial charge in [0, 0.05) is 17.3 Å². The van der Waals surface area contributed by atoms with Crippen LogP contribution in [0.25, 0.3) is 22.8 Å². The van der Waals surface area contributed by atoms with Crippen molar-refractivity contribution in [3.8, 4) is 16.9 Å². The van der Waals surface area contributed by atoms with Gasteiger partial charge in [0.05, 0.1) is 14.5 Å². The quantitative estimate of drug-likeness (QED) is 0.487. The molecule has 1 aliphatic heterocycles. The number of pyridine rings is 1. The number of rotatable bonds is 2. The van der Waals surface area contributed by atoms with Crippen LogP contribution in [-0.2, 0) is 4.79 Å². The van der Waals surface area contributed by atoms with Crippen LogP contribution in [0.1, 0.15) is 11.1 Å². The maximum atomic E-state index is 12.4. The van der Waals surface area contributed by atoms with Crippen LogP contribution in [0.15, 0.2) is 63.7 Å². The van der Waals surface area contributed by atoms with E-state index in [1.54, 1.807) is 24.4 Å². The van der Waals surface area contributed by atoms with Crippen LogP contribution in [0.5, 0.6) is 5.75 Å². The van der Waals surface area contributed by atoms with Gasteiger partial charge in [-0.15, -0.1) is 0 Å². The lowest BCUT2D eigenvalue weighted by Crippen LogP contribution is -2.04. The summed E-state index contributed by atoms with van der Waals surface area (Å²) < 4.78 is 1.10. The molecule has 0 fully saturated rings. The Balaban J connectivity index is 1.82. The molecule has 6 heteroatoms. The summed E-state index contributed by atoms with van der Waals surface area (Å²) >= 11 is 6.63. The fourth-order valence-corrected chi connectivity index (χ4v) is 4.06. The molecule has 0 radical (unpaired) electrons. The monoisotopic (exact) mass is 470 g/mol. The predicted molar refractivity (Wildman–Crippen MR) is 110 cm³/mol. The van der Waals surface area contributed by atoms with Gasteiger partial charge in [-0.3, -0.25) is 4.79 Å². The standard InChI is InChI=1S/C20H12Br2N2O2/c21-16-7-11(8-17(22)18(16)25)6-15-14-9-13(12-4-2-1-3-5-12)10-23-19(14)24-20(15)26/h1-10,25H,(H,23,24,26)/b15-6-. The van der Waals surface area contributed by atoms with Gasteiger partial charge in [-0.1, -0.05) is 30.3 Å². The second kappa shape index (κ2) is 6.70. The minimum atomic E-state index is -0.196. The average Bonchev–Trinajstić information content (AvgIpc) is 2.95. The lowest BCUT2D eigenvalue weighted by molar-refractivity contribution is -0.110. The van der Waals surface area contributed by atoms with E-state index in [1.807, 2.05) is 36.4 Å². The van der Waals surface area contributed by atoms with E-state index in [2.05, 4.69) is 42.2 Å². The SMILES string of the molecule is O=C1Nc2ncc(-c3ccccc3)cc2/C1=C/c1cc(Br)c(O)c(Br)c1. The zero-order chi connectivity index (χ0) is 18.3. The summed E-state index contributed by atoms with van der Waals surface area (Å²) in [6.45, 7) is 0. The van der Waals surface area contributed by atoms with E-state index in [0.717, 1.165) is 22.3 Å². The van der Waals surface area contributed by atoms with Crippen molar-refractivity contribution in [3.63, 3.8) is 0 Å². The number of hydrogen-bond acceptors (Lipinski definition) is 3. The summed E-state index contributed by atoms with van der Waals surface area (Å²) in [6.07, 6.45) is 3.54. The van der Waals surface area contributed by atoms with Crippen molar-refractivity contribution in [2.24, 2.45) is 0 Å². The highest BCUT2D eigenvalue weighted by Gasteiger charge is 2.26. The maximum absolute atomic E-state index is 12.4. The van der Waals surface area contributed by atoms with Crippen LogP contribution < -0.4 is 5.32 Å². The Bertz CT molecular complexity index is 1040. The summed E-state index contributed by atoms with van der Waals surface area (Å²) in [5, 5.41) is 12.7. The molecular formula is C20H12Br2N2O2. The third-order valence-electron chi connectivity index (χ3n) is 4.11. The van der Waals surface area contributed by atoms with Crippen molar-refractivity contribution in [1.82, 2.24) is 4.98 Å². The third kappa shape index (κ3) is 3.06. The number of aromatic hydroxyl groups is 1. The molecule has 4 nitrogen and oxygen atoms in total. The van der Waals surface area contributed by atoms with Gasteiger partial charge in [0.15, 0.2) is 0 Å². The molecule has 4 rings (SSSR count). The van der Waals surface area contributed by atoms with Gasteiger partial charge in [0.1, 0.15) is 11.6 Å². The van der Waals surface area contributed by atoms with Gasteiger partial charge >= 0.3 is 0 Å². The molecule has 26 heavy (non-hydrogen) atoms. The summed E-state index contributed by atoms with van der Waals surface area (Å²) in [7, 11) is 0. The third-order valence-corrected chi connectivity index (χ3v) is 5.32. The van der Waals surface area contributed by atoms with Crippen molar-refractivity contribution >= 4 is 55.2 Å². The number of halogens is 2. The zero-order valence-corrected chi connectivity index (χ0v) is 16.5. The number of carbonyl (C=O) groups excluding carboxylic acids is 1. The van der Waals surface area contributed by atoms with Crippen molar-refractivity contribution < 1.29 is 9.90 Å². The van der Waals surface area contributed by atoms with Crippen LogP contribution in [0.2, 0.25) is 0 Å². The number of hydrogen-bond donors (Lipinski definition) is 2. The zero-order valence-electron chi connectivity index (χ0n) is 13.3. The number of anilines is 1. The molecule has 0 aliphatic carbocycles. The van der Waals surface area contributed by atoms with E-state index in [1.165, 1.54) is 0 Å². The molecule has 128 valence electrons. The van der Waals surface area contributed by atoms with E-state index in [9.17, 15) is 9.90 Å². The Morgan fingerprint density at radius 1 is 1.00 bits per heavy atom. The molecule has 0 unspecified atom stereocenters. The molecule has 0 bridgehead atoms. The summed E-state index contributed by atoms with van der Waals surface area (Å²) in [6, 6.07) is 15.4. The number of benzene rings is 2. The molecule has 2 N–H and O–H groups in total. The molecule has 1 aliphatic rings. The van der Waals surface area contributed by atoms with Crippen LogP contribution in [-0.4, -0.2) is 16.0 Å². The molecular weight excluding hydrogens is 460 g/mol. The molecule has 1 aromatic heterocycles. The minimum Gasteiger partial charge on any atom is -0.506 e. The Morgan fingerprint density at radius 3 is 2.38 bits per heavy atom. The number of carbonyl (C=O) groups is 1. The van der Waals surface area contributed by atoms with Crippen LogP contribution in [0, 0.1) is 0 Å². The van der Waals surface area contributed by atoms with Gasteiger partial charge < -0.3 is 10.4 Å². The molecule has 3 aromatic rings. The summed E-state index contributed by atoms with van der Waals surface area (Å²) in [4.78, 5) is 16.8. The number of aromatic nitrogens is 1. The van der Waals surface area contributed by atoms with Crippen LogP contribution in [0.3, 0.4) is 0 Å². The number of nitrogens with zero attached hydrogens (tertiary/aromatic N) is 1. The molecule has 0 atom stereocenters. The summed E-state index contributed by atoms with van der Waals surface area (Å²) in [5.41, 5.74) is 4.06. The second-order valence-electron chi connectivity index (χ2n) is 5.83. The van der Waals surface area contributed by atoms with Crippen LogP contribution >= 0.6 is 31.9 Å². The van der Waals surface area contributed by atoms with Crippen molar-refractivity contribution in [2.45, 2.75) is 0 Å². The Hall–Kier alpha value is -2.44. The van der Waals surface area contributed by atoms with Gasteiger partial charge in [0.25, 0.3) is 5.91 Å². The molecule has 0 spiro atoms. The Kier molecular flexibility index (Phi) is 4.38. The lowest BCUT2D eigenvalue weighted by atomic mass is 10.0. The molecule has 0 saturated carbocycles. The fraction of sp³-hybridized carbons (Fsp3) is 0. The highest BCUT2D eigenvalue weighted by atomic mass is 79.9. The first kappa shape index (κ1) is 17.0. The van der Waals surface area contributed by atoms with E-state index in [0.29, 0.717) is 20.3 Å². The van der Waals surface area contributed by atoms with E-state index < -0.39 is 0 Å². The first-order valence-electron chi connectivity index (χ1n) is 7.80. The summed E-state index contributed by atoms with van der Waals surface area (Å²) in [5.74, 6) is 0.479. The molecule has 0 saturated heterocycles. The van der Waals surface area contributed by atoms with E-state index >= 15 is 0 Å². The van der Waals surface area contributed by atoms with Gasteiger partial charge in [0.2, 0.25) is 0 Å². The Labute approximate surface area is 166 Å². The predicted octanol–water partition coefficient (Wildman–Crippen LogP) is 5.47. The topological polar surface area (TPSA) is 62.2 Å². The number of nitrogens with one attached hydrogen (secondary N) is 1. The maximum Gasteiger partial charge on any atom is 0.257 e. The first-order valence-corrected chi connectivity index (χ1v) is 9.38. The average molecular weight is 472 g/mol. The fourth-order valence-electron chi connectivity index (χ4n) is 2.83. The van der Waals surface area contributed by atoms with Crippen molar-refractivity contribution in [3.05, 3.63) is 74.8 Å². The number of amides is 1. The van der Waals surface area contributed by atoms with Gasteiger partial charge in [-0.05, 0) is 67.3 Å². The normalized spacial score (nSPS) is 14.4. The van der Waals surface area contributed by atoms with Crippen molar-refractivity contribution in [2.75, 3.05) is 5.32 Å². The largest absolute Gasteiger partial charge is 0.506 e. The first-order chi connectivity index (χ1) is 12.5. The minimum absolute atomic E-state index is 0.122. The number of fused-ring (bicyclic) bond motifs is 1.